The van der Waals surface area contributed by atoms with Gasteiger partial charge < -0.3 is 4.74 Å². The molecule has 1 fully saturated rings. The lowest BCUT2D eigenvalue weighted by Crippen LogP contribution is -2.39. The van der Waals surface area contributed by atoms with Crippen molar-refractivity contribution in [2.45, 2.75) is 13.0 Å². The summed E-state index contributed by atoms with van der Waals surface area (Å²) in [6.07, 6.45) is 0. The van der Waals surface area contributed by atoms with Crippen LogP contribution < -0.4 is 9.91 Å². The maximum absolute atomic E-state index is 13.2. The van der Waals surface area contributed by atoms with E-state index in [1.807, 2.05) is 6.07 Å². The molecule has 1 saturated heterocycles. The Balaban J connectivity index is 1.78. The zero-order chi connectivity index (χ0) is 19.8. The van der Waals surface area contributed by atoms with Crippen molar-refractivity contribution >= 4 is 46.5 Å². The summed E-state index contributed by atoms with van der Waals surface area (Å²) in [5.41, 5.74) is 0.937. The van der Waals surface area contributed by atoms with Crippen LogP contribution in [0.15, 0.2) is 59.7 Å². The number of anilines is 2. The number of rotatable bonds is 4. The molecular weight excluding hydrogens is 382 g/mol. The van der Waals surface area contributed by atoms with Gasteiger partial charge in [0.2, 0.25) is 5.91 Å². The van der Waals surface area contributed by atoms with Crippen molar-refractivity contribution < 1.29 is 19.1 Å². The molecule has 0 bridgehead atoms. The van der Waals surface area contributed by atoms with Gasteiger partial charge in [0.15, 0.2) is 5.71 Å². The van der Waals surface area contributed by atoms with E-state index in [-0.39, 0.29) is 12.3 Å². The van der Waals surface area contributed by atoms with Crippen molar-refractivity contribution in [3.63, 3.8) is 0 Å². The third-order valence-electron chi connectivity index (χ3n) is 4.64. The molecule has 2 unspecified atom stereocenters. The van der Waals surface area contributed by atoms with E-state index < -0.39 is 29.7 Å². The molecule has 0 aromatic heterocycles. The smallest absolute Gasteiger partial charge is 0.355 e. The van der Waals surface area contributed by atoms with E-state index in [9.17, 15) is 14.4 Å². The van der Waals surface area contributed by atoms with E-state index in [1.165, 1.54) is 5.01 Å². The van der Waals surface area contributed by atoms with Crippen LogP contribution >= 0.6 is 11.6 Å². The third-order valence-corrected chi connectivity index (χ3v) is 4.89. The number of carbonyl (C=O) groups is 3. The number of hydrazone groups is 1. The lowest BCUT2D eigenvalue weighted by atomic mass is 9.98. The van der Waals surface area contributed by atoms with E-state index in [1.54, 1.807) is 55.5 Å². The summed E-state index contributed by atoms with van der Waals surface area (Å²) >= 11 is 5.91. The average molecular weight is 398 g/mol. The Morgan fingerprint density at radius 1 is 1.04 bits per heavy atom. The molecule has 2 amide bonds. The fourth-order valence-corrected chi connectivity index (χ4v) is 3.55. The molecule has 2 heterocycles. The minimum atomic E-state index is -1.03. The third kappa shape index (κ3) is 2.84. The molecule has 0 radical (unpaired) electrons. The van der Waals surface area contributed by atoms with Gasteiger partial charge in [-0.2, -0.15) is 5.10 Å². The van der Waals surface area contributed by atoms with Crippen LogP contribution in [0.2, 0.25) is 5.02 Å². The highest BCUT2D eigenvalue weighted by molar-refractivity contribution is 6.47. The lowest BCUT2D eigenvalue weighted by Gasteiger charge is -2.22. The van der Waals surface area contributed by atoms with Crippen LogP contribution in [0.4, 0.5) is 11.4 Å². The Morgan fingerprint density at radius 2 is 1.71 bits per heavy atom. The van der Waals surface area contributed by atoms with Crippen molar-refractivity contribution in [1.29, 1.82) is 0 Å². The molecule has 8 heteroatoms. The fraction of sp³-hybridized carbons (Fsp3) is 0.200. The largest absolute Gasteiger partial charge is 0.461 e. The first-order valence-electron chi connectivity index (χ1n) is 8.76. The van der Waals surface area contributed by atoms with Gasteiger partial charge >= 0.3 is 5.97 Å². The lowest BCUT2D eigenvalue weighted by molar-refractivity contribution is -0.136. The van der Waals surface area contributed by atoms with E-state index in [2.05, 4.69) is 5.10 Å². The number of esters is 1. The standard InChI is InChI=1S/C20H16ClN3O4/c1-2-28-20(27)16-15-17(24(22-16)14-6-4-3-5-7-14)19(26)23(18(15)25)13-10-8-12(21)9-11-13/h3-11,15,17H,2H2,1H3. The van der Waals surface area contributed by atoms with Gasteiger partial charge in [0.1, 0.15) is 12.0 Å². The number of carbonyl (C=O) groups excluding carboxylic acids is 3. The number of halogens is 1. The van der Waals surface area contributed by atoms with Crippen molar-refractivity contribution in [3.05, 3.63) is 59.6 Å². The number of ether oxygens (including phenoxy) is 1. The first-order valence-corrected chi connectivity index (χ1v) is 9.14. The number of fused-ring (bicyclic) bond motifs is 1. The minimum absolute atomic E-state index is 0.0643. The highest BCUT2D eigenvalue weighted by Crippen LogP contribution is 2.38. The Hall–Kier alpha value is -3.19. The zero-order valence-corrected chi connectivity index (χ0v) is 15.7. The molecule has 28 heavy (non-hydrogen) atoms. The van der Waals surface area contributed by atoms with Gasteiger partial charge in [-0.15, -0.1) is 0 Å². The summed E-state index contributed by atoms with van der Waals surface area (Å²) in [5, 5.41) is 6.20. The first kappa shape index (κ1) is 18.2. The molecule has 2 aromatic rings. The van der Waals surface area contributed by atoms with E-state index in [0.717, 1.165) is 4.90 Å². The second-order valence-corrected chi connectivity index (χ2v) is 6.73. The number of nitrogens with zero attached hydrogens (tertiary/aromatic N) is 3. The normalized spacial score (nSPS) is 21.0. The van der Waals surface area contributed by atoms with Crippen LogP contribution in [0.25, 0.3) is 0 Å². The minimum Gasteiger partial charge on any atom is -0.461 e. The summed E-state index contributed by atoms with van der Waals surface area (Å²) < 4.78 is 5.06. The number of hydrogen-bond donors (Lipinski definition) is 0. The maximum Gasteiger partial charge on any atom is 0.355 e. The van der Waals surface area contributed by atoms with E-state index in [4.69, 9.17) is 16.3 Å². The number of amides is 2. The predicted molar refractivity (Wildman–Crippen MR) is 104 cm³/mol. The molecular formula is C20H16ClN3O4. The summed E-state index contributed by atoms with van der Waals surface area (Å²) in [6.45, 7) is 1.81. The monoisotopic (exact) mass is 397 g/mol. The van der Waals surface area contributed by atoms with Crippen LogP contribution in [0.5, 0.6) is 0 Å². The molecule has 142 valence electrons. The Kier molecular flexibility index (Phi) is 4.60. The van der Waals surface area contributed by atoms with Crippen LogP contribution in [-0.2, 0) is 19.1 Å². The van der Waals surface area contributed by atoms with Gasteiger partial charge in [-0.05, 0) is 43.3 Å². The maximum atomic E-state index is 13.2. The molecule has 0 N–H and O–H groups in total. The molecule has 2 aliphatic rings. The molecule has 2 aromatic carbocycles. The number of para-hydroxylation sites is 1. The van der Waals surface area contributed by atoms with Crippen LogP contribution in [0, 0.1) is 5.92 Å². The summed E-state index contributed by atoms with van der Waals surface area (Å²) in [7, 11) is 0. The van der Waals surface area contributed by atoms with Crippen molar-refractivity contribution in [2.24, 2.45) is 11.0 Å². The molecule has 7 nitrogen and oxygen atoms in total. The van der Waals surface area contributed by atoms with Gasteiger partial charge in [0.25, 0.3) is 5.91 Å². The van der Waals surface area contributed by atoms with Crippen molar-refractivity contribution in [2.75, 3.05) is 16.5 Å². The fourth-order valence-electron chi connectivity index (χ4n) is 3.43. The Bertz CT molecular complexity index is 975. The first-order chi connectivity index (χ1) is 13.5. The van der Waals surface area contributed by atoms with Crippen molar-refractivity contribution in [1.82, 2.24) is 0 Å². The van der Waals surface area contributed by atoms with E-state index >= 15 is 0 Å². The van der Waals surface area contributed by atoms with Gasteiger partial charge in [-0.3, -0.25) is 14.6 Å². The summed E-state index contributed by atoms with van der Waals surface area (Å²) in [5.74, 6) is -2.69. The van der Waals surface area contributed by atoms with Crippen LogP contribution in [0.3, 0.4) is 0 Å². The van der Waals surface area contributed by atoms with Gasteiger partial charge in [0, 0.05) is 5.02 Å². The van der Waals surface area contributed by atoms with Crippen LogP contribution in [-0.4, -0.2) is 36.1 Å². The SMILES string of the molecule is CCOC(=O)C1=NN(c2ccccc2)C2C(=O)N(c3ccc(Cl)cc3)C(=O)C12. The second-order valence-electron chi connectivity index (χ2n) is 6.30. The number of imide groups is 1. The van der Waals surface area contributed by atoms with Crippen LogP contribution in [0.1, 0.15) is 6.92 Å². The Labute approximate surface area is 166 Å². The topological polar surface area (TPSA) is 79.3 Å². The molecule has 0 saturated carbocycles. The van der Waals surface area contributed by atoms with E-state index in [0.29, 0.717) is 16.4 Å². The Morgan fingerprint density at radius 3 is 2.36 bits per heavy atom. The van der Waals surface area contributed by atoms with Gasteiger partial charge in [-0.1, -0.05) is 29.8 Å². The molecule has 0 spiro atoms. The second kappa shape index (κ2) is 7.09. The predicted octanol–water partition coefficient (Wildman–Crippen LogP) is 2.64. The average Bonchev–Trinajstić information content (AvgIpc) is 3.21. The van der Waals surface area contributed by atoms with Crippen molar-refractivity contribution in [3.8, 4) is 0 Å². The van der Waals surface area contributed by atoms with Gasteiger partial charge in [-0.25, -0.2) is 9.69 Å². The highest BCUT2D eigenvalue weighted by Gasteiger charge is 2.59. The molecule has 4 rings (SSSR count). The number of hydrogen-bond acceptors (Lipinski definition) is 6. The molecule has 0 aliphatic carbocycles. The quantitative estimate of drug-likeness (QED) is 0.585. The highest BCUT2D eigenvalue weighted by atomic mass is 35.5. The summed E-state index contributed by atoms with van der Waals surface area (Å²) in [6, 6.07) is 14.4. The number of benzene rings is 2. The zero-order valence-electron chi connectivity index (χ0n) is 14.9. The molecule has 2 atom stereocenters. The summed E-state index contributed by atoms with van der Waals surface area (Å²) in [4.78, 5) is 39.8. The molecule has 2 aliphatic heterocycles. The van der Waals surface area contributed by atoms with Gasteiger partial charge in [0.05, 0.1) is 18.0 Å².